The maximum Gasteiger partial charge on any atom is 0.337 e. The molecule has 2 N–H and O–H groups in total. The first kappa shape index (κ1) is 26.0. The van der Waals surface area contributed by atoms with E-state index in [9.17, 15) is 24.4 Å². The molecule has 3 rings (SSSR count). The van der Waals surface area contributed by atoms with E-state index in [1.807, 2.05) is 0 Å². The van der Waals surface area contributed by atoms with E-state index in [2.05, 4.69) is 32.6 Å². The van der Waals surface area contributed by atoms with Crippen LogP contribution in [0.25, 0.3) is 0 Å². The van der Waals surface area contributed by atoms with E-state index in [0.29, 0.717) is 11.3 Å². The Labute approximate surface area is 214 Å². The lowest BCUT2D eigenvalue weighted by Crippen LogP contribution is -2.44. The fourth-order valence-electron chi connectivity index (χ4n) is 3.49. The molecule has 2 aromatic rings. The molecule has 0 saturated heterocycles. The van der Waals surface area contributed by atoms with Crippen LogP contribution in [0.1, 0.15) is 21.8 Å². The molecule has 0 bridgehead atoms. The van der Waals surface area contributed by atoms with Gasteiger partial charge in [-0.05, 0) is 42.0 Å². The molecule has 0 radical (unpaired) electrons. The van der Waals surface area contributed by atoms with Crippen molar-refractivity contribution >= 4 is 57.1 Å². The van der Waals surface area contributed by atoms with Crippen LogP contribution in [0.2, 0.25) is 0 Å². The monoisotopic (exact) mass is 557 g/mol. The summed E-state index contributed by atoms with van der Waals surface area (Å²) in [5, 5.41) is 15.4. The van der Waals surface area contributed by atoms with E-state index >= 15 is 0 Å². The minimum atomic E-state index is -1.32. The molecule has 0 aromatic heterocycles. The average Bonchev–Trinajstić information content (AvgIpc) is 2.87. The lowest BCUT2D eigenvalue weighted by atomic mass is 9.78. The number of thioether (sulfide) groups is 1. The Hall–Kier alpha value is -3.62. The second-order valence-corrected chi connectivity index (χ2v) is 9.18. The predicted octanol–water partition coefficient (Wildman–Crippen LogP) is 3.35. The molecule has 11 heteroatoms. The Kier molecular flexibility index (Phi) is 8.68. The van der Waals surface area contributed by atoms with Crippen LogP contribution in [-0.2, 0) is 23.9 Å². The number of halogens is 1. The van der Waals surface area contributed by atoms with Gasteiger partial charge in [-0.1, -0.05) is 39.8 Å². The Balaban J connectivity index is 1.90. The summed E-state index contributed by atoms with van der Waals surface area (Å²) in [6.45, 7) is 0. The third-order valence-electron chi connectivity index (χ3n) is 5.15. The number of ether oxygens (including phenoxy) is 2. The highest BCUT2D eigenvalue weighted by Crippen LogP contribution is 2.40. The molecular weight excluding hydrogens is 538 g/mol. The van der Waals surface area contributed by atoms with Crippen LogP contribution in [0.4, 0.5) is 5.69 Å². The number of carbonyl (C=O) groups is 4. The smallest absolute Gasteiger partial charge is 0.337 e. The van der Waals surface area contributed by atoms with E-state index in [0.717, 1.165) is 23.3 Å². The van der Waals surface area contributed by atoms with Crippen molar-refractivity contribution in [1.29, 1.82) is 5.26 Å². The summed E-state index contributed by atoms with van der Waals surface area (Å²) in [4.78, 5) is 49.6. The summed E-state index contributed by atoms with van der Waals surface area (Å²) in [7, 11) is 2.40. The molecule has 0 fully saturated rings. The van der Waals surface area contributed by atoms with Crippen molar-refractivity contribution < 1.29 is 28.7 Å². The van der Waals surface area contributed by atoms with Crippen molar-refractivity contribution in [1.82, 2.24) is 5.32 Å². The predicted molar refractivity (Wildman–Crippen MR) is 132 cm³/mol. The molecule has 0 spiro atoms. The van der Waals surface area contributed by atoms with Gasteiger partial charge in [-0.25, -0.2) is 4.79 Å². The number of benzene rings is 2. The number of esters is 2. The fraction of sp³-hybridized carbons (Fsp3) is 0.208. The van der Waals surface area contributed by atoms with Crippen LogP contribution in [-0.4, -0.2) is 43.7 Å². The maximum absolute atomic E-state index is 12.9. The molecule has 180 valence electrons. The first-order chi connectivity index (χ1) is 16.8. The highest BCUT2D eigenvalue weighted by Gasteiger charge is 2.44. The standard InChI is InChI=1S/C24H20BrN3O6S/c1-33-23(31)14-5-3-13(4-6-14)19-17(11-26)22(28-21(30)20(19)24(32)34-2)35-12-18(29)27-16-9-7-15(25)8-10-16/h3-10,19-20H,12H2,1-2H3,(H,27,29)(H,28,30)/t19-,20-/m1/s1. The number of nitrogens with zero attached hydrogens (tertiary/aromatic N) is 1. The third kappa shape index (κ3) is 6.09. The minimum absolute atomic E-state index is 0.0895. The third-order valence-corrected chi connectivity index (χ3v) is 6.70. The van der Waals surface area contributed by atoms with Crippen LogP contribution < -0.4 is 10.6 Å². The number of nitriles is 1. The van der Waals surface area contributed by atoms with Gasteiger partial charge < -0.3 is 20.1 Å². The Morgan fingerprint density at radius 2 is 1.74 bits per heavy atom. The molecule has 0 aliphatic carbocycles. The first-order valence-electron chi connectivity index (χ1n) is 10.2. The molecule has 1 heterocycles. The van der Waals surface area contributed by atoms with Crippen LogP contribution in [0.15, 0.2) is 63.6 Å². The summed E-state index contributed by atoms with van der Waals surface area (Å²) in [5.74, 6) is -4.74. The van der Waals surface area contributed by atoms with Gasteiger partial charge in [-0.15, -0.1) is 0 Å². The van der Waals surface area contributed by atoms with E-state index < -0.39 is 29.7 Å². The van der Waals surface area contributed by atoms with E-state index in [1.54, 1.807) is 36.4 Å². The minimum Gasteiger partial charge on any atom is -0.468 e. The van der Waals surface area contributed by atoms with Crippen molar-refractivity contribution in [2.75, 3.05) is 25.3 Å². The largest absolute Gasteiger partial charge is 0.468 e. The van der Waals surface area contributed by atoms with Gasteiger partial charge in [0.2, 0.25) is 11.8 Å². The number of allylic oxidation sites excluding steroid dienone is 1. The zero-order valence-electron chi connectivity index (χ0n) is 18.7. The van der Waals surface area contributed by atoms with Gasteiger partial charge in [0.25, 0.3) is 0 Å². The lowest BCUT2D eigenvalue weighted by Gasteiger charge is -2.31. The summed E-state index contributed by atoms with van der Waals surface area (Å²) in [6, 6.07) is 15.1. The van der Waals surface area contributed by atoms with Crippen LogP contribution in [0.5, 0.6) is 0 Å². The number of carbonyl (C=O) groups excluding carboxylic acids is 4. The van der Waals surface area contributed by atoms with Gasteiger partial charge in [0.1, 0.15) is 5.92 Å². The number of nitrogens with one attached hydrogen (secondary N) is 2. The van der Waals surface area contributed by atoms with Crippen molar-refractivity contribution in [2.24, 2.45) is 5.92 Å². The zero-order chi connectivity index (χ0) is 25.5. The molecule has 2 atom stereocenters. The average molecular weight is 558 g/mol. The highest BCUT2D eigenvalue weighted by atomic mass is 79.9. The molecule has 0 unspecified atom stereocenters. The summed E-state index contributed by atoms with van der Waals surface area (Å²) >= 11 is 4.30. The molecule has 0 saturated carbocycles. The van der Waals surface area contributed by atoms with Crippen molar-refractivity contribution in [2.45, 2.75) is 5.92 Å². The Morgan fingerprint density at radius 3 is 2.31 bits per heavy atom. The van der Waals surface area contributed by atoms with Gasteiger partial charge in [0.05, 0.1) is 42.2 Å². The lowest BCUT2D eigenvalue weighted by molar-refractivity contribution is -0.150. The summed E-state index contributed by atoms with van der Waals surface area (Å²) < 4.78 is 10.4. The van der Waals surface area contributed by atoms with Gasteiger partial charge in [0.15, 0.2) is 0 Å². The van der Waals surface area contributed by atoms with Gasteiger partial charge in [-0.2, -0.15) is 5.26 Å². The number of hydrogen-bond donors (Lipinski definition) is 2. The second-order valence-electron chi connectivity index (χ2n) is 7.28. The second kappa shape index (κ2) is 11.7. The highest BCUT2D eigenvalue weighted by molar-refractivity contribution is 9.10. The topological polar surface area (TPSA) is 135 Å². The number of amides is 2. The number of rotatable bonds is 7. The SMILES string of the molecule is COC(=O)c1ccc([C@@H]2C(C#N)=C(SCC(=O)Nc3ccc(Br)cc3)NC(=O)[C@@H]2C(=O)OC)cc1. The van der Waals surface area contributed by atoms with Crippen LogP contribution in [0, 0.1) is 17.2 Å². The molecule has 9 nitrogen and oxygen atoms in total. The van der Waals surface area contributed by atoms with Crippen molar-refractivity contribution in [3.63, 3.8) is 0 Å². The van der Waals surface area contributed by atoms with Gasteiger partial charge in [0, 0.05) is 16.1 Å². The van der Waals surface area contributed by atoms with Crippen molar-refractivity contribution in [3.05, 3.63) is 74.7 Å². The number of methoxy groups -OCH3 is 2. The molecule has 35 heavy (non-hydrogen) atoms. The van der Waals surface area contributed by atoms with Crippen LogP contribution in [0.3, 0.4) is 0 Å². The molecule has 1 aliphatic rings. The normalized spacial score (nSPS) is 17.1. The fourth-order valence-corrected chi connectivity index (χ4v) is 4.60. The van der Waals surface area contributed by atoms with Crippen LogP contribution >= 0.6 is 27.7 Å². The first-order valence-corrected chi connectivity index (χ1v) is 12.0. The molecule has 1 aliphatic heterocycles. The summed E-state index contributed by atoms with van der Waals surface area (Å²) in [5.41, 5.74) is 1.42. The van der Waals surface area contributed by atoms with E-state index in [-0.39, 0.29) is 27.8 Å². The summed E-state index contributed by atoms with van der Waals surface area (Å²) in [6.07, 6.45) is 0. The van der Waals surface area contributed by atoms with E-state index in [4.69, 9.17) is 9.47 Å². The molecule has 2 aromatic carbocycles. The number of hydrogen-bond acceptors (Lipinski definition) is 8. The molecular formula is C24H20BrN3O6S. The Bertz CT molecular complexity index is 1220. The maximum atomic E-state index is 12.9. The van der Waals surface area contributed by atoms with Gasteiger partial charge >= 0.3 is 11.9 Å². The van der Waals surface area contributed by atoms with E-state index in [1.165, 1.54) is 19.2 Å². The van der Waals surface area contributed by atoms with Crippen molar-refractivity contribution in [3.8, 4) is 6.07 Å². The Morgan fingerprint density at radius 1 is 1.09 bits per heavy atom. The molecule has 2 amide bonds. The number of anilines is 1. The van der Waals surface area contributed by atoms with Gasteiger partial charge in [-0.3, -0.25) is 14.4 Å². The zero-order valence-corrected chi connectivity index (χ0v) is 21.1. The quantitative estimate of drug-likeness (QED) is 0.391.